The summed E-state index contributed by atoms with van der Waals surface area (Å²) < 4.78 is 44.9. The number of allylic oxidation sites excluding steroid dienone is 2. The molecule has 32 heavy (non-hydrogen) atoms. The third-order valence-corrected chi connectivity index (χ3v) is 5.84. The Hall–Kier alpha value is -3.16. The number of aromatic nitrogens is 2. The summed E-state index contributed by atoms with van der Waals surface area (Å²) in [5.74, 6) is 0.204. The maximum absolute atomic E-state index is 13.5. The van der Waals surface area contributed by atoms with E-state index in [2.05, 4.69) is 16.2 Å². The number of halogens is 3. The zero-order valence-corrected chi connectivity index (χ0v) is 17.9. The Bertz CT molecular complexity index is 1170. The van der Waals surface area contributed by atoms with Crippen LogP contribution in [0.3, 0.4) is 0 Å². The summed E-state index contributed by atoms with van der Waals surface area (Å²) >= 11 is 0. The Morgan fingerprint density at radius 3 is 2.88 bits per heavy atom. The third kappa shape index (κ3) is 4.40. The smallest absolute Gasteiger partial charge is 0.338 e. The van der Waals surface area contributed by atoms with Crippen LogP contribution in [0.2, 0.25) is 0 Å². The number of benzene rings is 1. The van der Waals surface area contributed by atoms with Crippen LogP contribution in [0.5, 0.6) is 0 Å². The lowest BCUT2D eigenvalue weighted by molar-refractivity contribution is -0.137. The zero-order valence-electron chi connectivity index (χ0n) is 17.9. The van der Waals surface area contributed by atoms with Crippen LogP contribution in [-0.4, -0.2) is 34.0 Å². The quantitative estimate of drug-likeness (QED) is 0.462. The summed E-state index contributed by atoms with van der Waals surface area (Å²) in [7, 11) is 0. The van der Waals surface area contributed by atoms with E-state index < -0.39 is 11.7 Å². The SMILES string of the molecule is C/C=C/CC1CCCN(C(=O)c2cc(-c3cccc(C(F)(F)F)c3)nc3onc(C)c23)C1. The molecule has 3 heterocycles. The summed E-state index contributed by atoms with van der Waals surface area (Å²) in [5, 5.41) is 4.43. The second-order valence-electron chi connectivity index (χ2n) is 8.15. The monoisotopic (exact) mass is 443 g/mol. The molecule has 0 spiro atoms. The fourth-order valence-corrected chi connectivity index (χ4v) is 4.21. The van der Waals surface area contributed by atoms with Gasteiger partial charge in [-0.1, -0.05) is 29.4 Å². The van der Waals surface area contributed by atoms with Gasteiger partial charge in [0.15, 0.2) is 0 Å². The highest BCUT2D eigenvalue weighted by atomic mass is 19.4. The van der Waals surface area contributed by atoms with Gasteiger partial charge < -0.3 is 9.42 Å². The maximum Gasteiger partial charge on any atom is 0.416 e. The molecule has 1 aliphatic heterocycles. The number of rotatable bonds is 4. The van der Waals surface area contributed by atoms with E-state index in [0.29, 0.717) is 35.7 Å². The van der Waals surface area contributed by atoms with Crippen molar-refractivity contribution in [1.82, 2.24) is 15.0 Å². The highest BCUT2D eigenvalue weighted by Crippen LogP contribution is 2.34. The number of likely N-dealkylation sites (tertiary alicyclic amines) is 1. The number of carbonyl (C=O) groups excluding carboxylic acids is 1. The fraction of sp³-hybridized carbons (Fsp3) is 0.375. The molecule has 0 radical (unpaired) electrons. The van der Waals surface area contributed by atoms with Crippen molar-refractivity contribution < 1.29 is 22.5 Å². The molecule has 4 rings (SSSR count). The molecule has 1 fully saturated rings. The number of piperidine rings is 1. The van der Waals surface area contributed by atoms with Crippen molar-refractivity contribution >= 4 is 17.0 Å². The lowest BCUT2D eigenvalue weighted by Gasteiger charge is -2.32. The van der Waals surface area contributed by atoms with Crippen molar-refractivity contribution in [3.8, 4) is 11.3 Å². The van der Waals surface area contributed by atoms with Crippen molar-refractivity contribution in [2.45, 2.75) is 39.3 Å². The first-order valence-corrected chi connectivity index (χ1v) is 10.6. The molecule has 0 bridgehead atoms. The van der Waals surface area contributed by atoms with Gasteiger partial charge in [-0.15, -0.1) is 0 Å². The summed E-state index contributed by atoms with van der Waals surface area (Å²) in [6.07, 6.45) is 2.52. The number of hydrogen-bond acceptors (Lipinski definition) is 4. The number of nitrogens with zero attached hydrogens (tertiary/aromatic N) is 3. The van der Waals surface area contributed by atoms with Gasteiger partial charge in [-0.3, -0.25) is 4.79 Å². The van der Waals surface area contributed by atoms with Gasteiger partial charge in [-0.2, -0.15) is 13.2 Å². The summed E-state index contributed by atoms with van der Waals surface area (Å²) in [6.45, 7) is 4.97. The van der Waals surface area contributed by atoms with E-state index in [4.69, 9.17) is 4.52 Å². The van der Waals surface area contributed by atoms with Gasteiger partial charge >= 0.3 is 6.18 Å². The molecule has 3 aromatic rings. The number of pyridine rings is 1. The topological polar surface area (TPSA) is 59.2 Å². The second-order valence-corrected chi connectivity index (χ2v) is 8.15. The highest BCUT2D eigenvalue weighted by Gasteiger charge is 2.31. The van der Waals surface area contributed by atoms with Crippen LogP contribution < -0.4 is 0 Å². The lowest BCUT2D eigenvalue weighted by Crippen LogP contribution is -2.40. The zero-order chi connectivity index (χ0) is 22.9. The van der Waals surface area contributed by atoms with Crippen LogP contribution in [0.4, 0.5) is 13.2 Å². The summed E-state index contributed by atoms with van der Waals surface area (Å²) in [5.41, 5.74) is 0.742. The Kier molecular flexibility index (Phi) is 6.04. The van der Waals surface area contributed by atoms with Gasteiger partial charge in [0.2, 0.25) is 0 Å². The van der Waals surface area contributed by atoms with Crippen LogP contribution in [0.15, 0.2) is 47.0 Å². The first-order valence-electron chi connectivity index (χ1n) is 10.6. The molecule has 0 aliphatic carbocycles. The highest BCUT2D eigenvalue weighted by molar-refractivity contribution is 6.07. The predicted octanol–water partition coefficient (Wildman–Crippen LogP) is 6.04. The number of aryl methyl sites for hydroxylation is 1. The maximum atomic E-state index is 13.5. The van der Waals surface area contributed by atoms with Crippen molar-refractivity contribution in [2.24, 2.45) is 5.92 Å². The van der Waals surface area contributed by atoms with Crippen LogP contribution in [0.1, 0.15) is 47.8 Å². The Balaban J connectivity index is 1.75. The number of alkyl halides is 3. The molecule has 8 heteroatoms. The molecule has 1 aliphatic rings. The third-order valence-electron chi connectivity index (χ3n) is 5.84. The molecule has 168 valence electrons. The van der Waals surface area contributed by atoms with Gasteiger partial charge in [0.05, 0.1) is 27.9 Å². The minimum Gasteiger partial charge on any atom is -0.338 e. The molecule has 1 amide bonds. The van der Waals surface area contributed by atoms with Crippen LogP contribution >= 0.6 is 0 Å². The first-order chi connectivity index (χ1) is 15.3. The van der Waals surface area contributed by atoms with Crippen molar-refractivity contribution in [3.63, 3.8) is 0 Å². The van der Waals surface area contributed by atoms with Crippen LogP contribution in [0.25, 0.3) is 22.4 Å². The standard InChI is InChI=1S/C24H24F3N3O2/c1-3-4-7-16-8-6-11-30(14-16)23(31)19-13-20(28-22-21(19)15(2)29-32-22)17-9-5-10-18(12-17)24(25,26)27/h3-5,9-10,12-13,16H,6-8,11,14H2,1-2H3/b4-3+. The molecule has 1 atom stereocenters. The first kappa shape index (κ1) is 22.0. The lowest BCUT2D eigenvalue weighted by atomic mass is 9.93. The van der Waals surface area contributed by atoms with Crippen molar-refractivity contribution in [3.05, 3.63) is 59.3 Å². The molecular formula is C24H24F3N3O2. The van der Waals surface area contributed by atoms with E-state index in [-0.39, 0.29) is 22.9 Å². The van der Waals surface area contributed by atoms with Gasteiger partial charge in [0.25, 0.3) is 11.6 Å². The molecule has 0 N–H and O–H groups in total. The van der Waals surface area contributed by atoms with Gasteiger partial charge in [-0.05, 0) is 57.2 Å². The minimum absolute atomic E-state index is 0.142. The minimum atomic E-state index is -4.47. The van der Waals surface area contributed by atoms with E-state index in [1.165, 1.54) is 12.1 Å². The van der Waals surface area contributed by atoms with E-state index in [1.807, 2.05) is 17.9 Å². The Labute approximate surface area is 183 Å². The Morgan fingerprint density at radius 2 is 2.12 bits per heavy atom. The largest absolute Gasteiger partial charge is 0.416 e. The summed E-state index contributed by atoms with van der Waals surface area (Å²) in [4.78, 5) is 19.7. The number of carbonyl (C=O) groups is 1. The molecule has 1 unspecified atom stereocenters. The number of amides is 1. The van der Waals surface area contributed by atoms with E-state index >= 15 is 0 Å². The van der Waals surface area contributed by atoms with Gasteiger partial charge in [0, 0.05) is 18.7 Å². The molecule has 0 saturated carbocycles. The molecule has 1 saturated heterocycles. The van der Waals surface area contributed by atoms with E-state index in [0.717, 1.165) is 31.4 Å². The van der Waals surface area contributed by atoms with Gasteiger partial charge in [0.1, 0.15) is 0 Å². The van der Waals surface area contributed by atoms with E-state index in [9.17, 15) is 18.0 Å². The molecular weight excluding hydrogens is 419 g/mol. The number of hydrogen-bond donors (Lipinski definition) is 0. The fourth-order valence-electron chi connectivity index (χ4n) is 4.21. The second kappa shape index (κ2) is 8.76. The predicted molar refractivity (Wildman–Crippen MR) is 115 cm³/mol. The number of fused-ring (bicyclic) bond motifs is 1. The van der Waals surface area contributed by atoms with Crippen molar-refractivity contribution in [1.29, 1.82) is 0 Å². The van der Waals surface area contributed by atoms with E-state index in [1.54, 1.807) is 13.0 Å². The van der Waals surface area contributed by atoms with Crippen molar-refractivity contribution in [2.75, 3.05) is 13.1 Å². The normalized spacial score (nSPS) is 17.4. The molecule has 1 aromatic carbocycles. The average Bonchev–Trinajstić information content (AvgIpc) is 3.17. The molecule has 5 nitrogen and oxygen atoms in total. The molecule has 2 aromatic heterocycles. The Morgan fingerprint density at radius 1 is 1.31 bits per heavy atom. The summed E-state index contributed by atoms with van der Waals surface area (Å²) in [6, 6.07) is 6.45. The van der Waals surface area contributed by atoms with Crippen LogP contribution in [0, 0.1) is 12.8 Å². The van der Waals surface area contributed by atoms with Gasteiger partial charge in [-0.25, -0.2) is 4.98 Å². The average molecular weight is 443 g/mol. The van der Waals surface area contributed by atoms with Crippen LogP contribution in [-0.2, 0) is 6.18 Å².